The highest BCUT2D eigenvalue weighted by molar-refractivity contribution is 5.76. The normalized spacial score (nSPS) is 11.5. The fourth-order valence-corrected chi connectivity index (χ4v) is 2.82. The average molecular weight is 342 g/mol. The summed E-state index contributed by atoms with van der Waals surface area (Å²) < 4.78 is 1.76. The van der Waals surface area contributed by atoms with E-state index in [-0.39, 0.29) is 5.75 Å². The van der Waals surface area contributed by atoms with Gasteiger partial charge in [-0.15, -0.1) is 10.2 Å². The van der Waals surface area contributed by atoms with Gasteiger partial charge in [0.05, 0.1) is 5.69 Å². The first-order chi connectivity index (χ1) is 12.6. The van der Waals surface area contributed by atoms with Gasteiger partial charge in [-0.05, 0) is 37.6 Å². The summed E-state index contributed by atoms with van der Waals surface area (Å²) in [6, 6.07) is 19.3. The van der Waals surface area contributed by atoms with Crippen LogP contribution in [0.25, 0.3) is 16.9 Å². The van der Waals surface area contributed by atoms with Gasteiger partial charge in [-0.3, -0.25) is 4.40 Å². The van der Waals surface area contributed by atoms with E-state index in [0.29, 0.717) is 17.2 Å². The van der Waals surface area contributed by atoms with Crippen molar-refractivity contribution in [3.63, 3.8) is 0 Å². The number of benzene rings is 2. The fourth-order valence-electron chi connectivity index (χ4n) is 2.82. The predicted molar refractivity (Wildman–Crippen MR) is 102 cm³/mol. The second-order valence-electron chi connectivity index (χ2n) is 6.22. The molecular weight excluding hydrogens is 324 g/mol. The number of pyridine rings is 1. The van der Waals surface area contributed by atoms with Crippen LogP contribution in [0.5, 0.6) is 5.75 Å². The van der Waals surface area contributed by atoms with E-state index in [2.05, 4.69) is 15.2 Å². The Hall–Kier alpha value is -3.47. The van der Waals surface area contributed by atoms with Gasteiger partial charge in [0.1, 0.15) is 5.69 Å². The summed E-state index contributed by atoms with van der Waals surface area (Å²) in [6.07, 6.45) is 1.83. The molecule has 4 rings (SSSR count). The third kappa shape index (κ3) is 2.84. The van der Waals surface area contributed by atoms with Crippen LogP contribution in [0.1, 0.15) is 11.1 Å². The highest BCUT2D eigenvalue weighted by atomic mass is 16.3. The van der Waals surface area contributed by atoms with Crippen LogP contribution in [-0.2, 0) is 0 Å². The van der Waals surface area contributed by atoms with E-state index in [1.165, 1.54) is 5.56 Å². The molecule has 128 valence electrons. The first-order valence-electron chi connectivity index (χ1n) is 8.38. The maximum atomic E-state index is 10.2. The van der Waals surface area contributed by atoms with E-state index >= 15 is 0 Å². The number of aromatic nitrogens is 2. The van der Waals surface area contributed by atoms with Crippen molar-refractivity contribution in [2.75, 3.05) is 0 Å². The van der Waals surface area contributed by atoms with Crippen LogP contribution >= 0.6 is 0 Å². The first-order valence-corrected chi connectivity index (χ1v) is 8.38. The minimum absolute atomic E-state index is 0.109. The average Bonchev–Trinajstić information content (AvgIpc) is 3.02. The molecule has 0 fully saturated rings. The van der Waals surface area contributed by atoms with Gasteiger partial charge in [0.25, 0.3) is 0 Å². The molecule has 0 amide bonds. The minimum atomic E-state index is 0.109. The SMILES string of the molecule is Cc1ccc(-c2nc3c(O)cccn3c2N=Nc2ccccc2C)cc1. The standard InChI is InChI=1S/C21H18N4O/c1-14-9-11-16(12-10-14)19-21(24-23-17-7-4-3-6-15(17)2)25-13-5-8-18(26)20(25)22-19/h3-13,26H,1-2H3. The molecule has 0 aliphatic rings. The molecule has 0 saturated carbocycles. The van der Waals surface area contributed by atoms with Crippen molar-refractivity contribution in [1.29, 1.82) is 0 Å². The zero-order valence-corrected chi connectivity index (χ0v) is 14.6. The van der Waals surface area contributed by atoms with Gasteiger partial charge in [0, 0.05) is 11.8 Å². The van der Waals surface area contributed by atoms with Crippen molar-refractivity contribution in [3.8, 4) is 17.0 Å². The quantitative estimate of drug-likeness (QED) is 0.483. The summed E-state index contributed by atoms with van der Waals surface area (Å²) in [5.41, 5.74) is 5.09. The first kappa shape index (κ1) is 16.0. The minimum Gasteiger partial charge on any atom is -0.504 e. The molecule has 0 aliphatic carbocycles. The van der Waals surface area contributed by atoms with Crippen LogP contribution in [0.3, 0.4) is 0 Å². The second-order valence-corrected chi connectivity index (χ2v) is 6.22. The van der Waals surface area contributed by atoms with Crippen LogP contribution in [-0.4, -0.2) is 14.5 Å². The summed E-state index contributed by atoms with van der Waals surface area (Å²) in [4.78, 5) is 4.61. The Balaban J connectivity index is 1.91. The Morgan fingerprint density at radius 2 is 1.65 bits per heavy atom. The molecule has 2 aromatic heterocycles. The monoisotopic (exact) mass is 342 g/mol. The number of rotatable bonds is 3. The van der Waals surface area contributed by atoms with Gasteiger partial charge >= 0.3 is 0 Å². The van der Waals surface area contributed by atoms with E-state index < -0.39 is 0 Å². The molecule has 2 aromatic carbocycles. The lowest BCUT2D eigenvalue weighted by Crippen LogP contribution is -1.83. The van der Waals surface area contributed by atoms with Gasteiger partial charge in [0.15, 0.2) is 17.2 Å². The summed E-state index contributed by atoms with van der Waals surface area (Å²) in [5, 5.41) is 19.1. The molecule has 5 heteroatoms. The third-order valence-corrected chi connectivity index (χ3v) is 4.30. The number of nitrogens with zero attached hydrogens (tertiary/aromatic N) is 4. The zero-order chi connectivity index (χ0) is 18.1. The predicted octanol–water partition coefficient (Wildman–Crippen LogP) is 5.74. The molecule has 0 unspecified atom stereocenters. The molecule has 0 atom stereocenters. The number of aromatic hydroxyl groups is 1. The molecule has 5 nitrogen and oxygen atoms in total. The Bertz CT molecular complexity index is 1110. The number of fused-ring (bicyclic) bond motifs is 1. The van der Waals surface area contributed by atoms with E-state index in [4.69, 9.17) is 0 Å². The second kappa shape index (κ2) is 6.44. The highest BCUT2D eigenvalue weighted by Gasteiger charge is 2.16. The fraction of sp³-hybridized carbons (Fsp3) is 0.0952. The molecule has 0 spiro atoms. The van der Waals surface area contributed by atoms with Crippen LogP contribution in [0, 0.1) is 13.8 Å². The van der Waals surface area contributed by atoms with E-state index in [9.17, 15) is 5.11 Å². The molecule has 2 heterocycles. The van der Waals surface area contributed by atoms with Crippen molar-refractivity contribution in [1.82, 2.24) is 9.38 Å². The molecular formula is C21H18N4O. The maximum Gasteiger partial charge on any atom is 0.187 e. The zero-order valence-electron chi connectivity index (χ0n) is 14.6. The van der Waals surface area contributed by atoms with Crippen molar-refractivity contribution >= 4 is 17.2 Å². The molecule has 26 heavy (non-hydrogen) atoms. The van der Waals surface area contributed by atoms with Crippen LogP contribution in [0.2, 0.25) is 0 Å². The smallest absolute Gasteiger partial charge is 0.187 e. The van der Waals surface area contributed by atoms with Crippen LogP contribution < -0.4 is 0 Å². The summed E-state index contributed by atoms with van der Waals surface area (Å²) >= 11 is 0. The lowest BCUT2D eigenvalue weighted by atomic mass is 10.1. The van der Waals surface area contributed by atoms with Gasteiger partial charge in [-0.1, -0.05) is 48.0 Å². The molecule has 1 N–H and O–H groups in total. The van der Waals surface area contributed by atoms with E-state index in [1.807, 2.05) is 68.6 Å². The number of aryl methyl sites for hydroxylation is 2. The van der Waals surface area contributed by atoms with Crippen molar-refractivity contribution in [2.45, 2.75) is 13.8 Å². The Labute approximate surface area is 151 Å². The van der Waals surface area contributed by atoms with Crippen LogP contribution in [0.15, 0.2) is 77.1 Å². The summed E-state index contributed by atoms with van der Waals surface area (Å²) in [7, 11) is 0. The van der Waals surface area contributed by atoms with Crippen molar-refractivity contribution in [3.05, 3.63) is 78.0 Å². The number of hydrogen-bond donors (Lipinski definition) is 1. The molecule has 0 saturated heterocycles. The Morgan fingerprint density at radius 3 is 2.42 bits per heavy atom. The lowest BCUT2D eigenvalue weighted by molar-refractivity contribution is 0.477. The third-order valence-electron chi connectivity index (χ3n) is 4.30. The molecule has 0 radical (unpaired) electrons. The molecule has 0 bridgehead atoms. The number of azo groups is 1. The van der Waals surface area contributed by atoms with Crippen molar-refractivity contribution in [2.24, 2.45) is 10.2 Å². The number of imidazole rings is 1. The van der Waals surface area contributed by atoms with Crippen LogP contribution in [0.4, 0.5) is 11.5 Å². The number of hydrogen-bond acceptors (Lipinski definition) is 4. The van der Waals surface area contributed by atoms with Gasteiger partial charge in [-0.2, -0.15) is 0 Å². The largest absolute Gasteiger partial charge is 0.504 e. The Kier molecular flexibility index (Phi) is 3.97. The highest BCUT2D eigenvalue weighted by Crippen LogP contribution is 2.35. The van der Waals surface area contributed by atoms with Gasteiger partial charge in [0.2, 0.25) is 0 Å². The van der Waals surface area contributed by atoms with Gasteiger partial charge in [-0.25, -0.2) is 4.98 Å². The van der Waals surface area contributed by atoms with E-state index in [1.54, 1.807) is 16.5 Å². The topological polar surface area (TPSA) is 62.2 Å². The summed E-state index contributed by atoms with van der Waals surface area (Å²) in [5.74, 6) is 0.696. The maximum absolute atomic E-state index is 10.2. The Morgan fingerprint density at radius 1 is 0.885 bits per heavy atom. The van der Waals surface area contributed by atoms with Crippen molar-refractivity contribution < 1.29 is 5.11 Å². The molecule has 4 aromatic rings. The van der Waals surface area contributed by atoms with Gasteiger partial charge < -0.3 is 5.11 Å². The lowest BCUT2D eigenvalue weighted by Gasteiger charge is -2.01. The summed E-state index contributed by atoms with van der Waals surface area (Å²) in [6.45, 7) is 4.04. The molecule has 0 aliphatic heterocycles. The van der Waals surface area contributed by atoms with E-state index in [0.717, 1.165) is 16.8 Å².